The van der Waals surface area contributed by atoms with Gasteiger partial charge in [0.1, 0.15) is 0 Å². The quantitative estimate of drug-likeness (QED) is 0.228. The Hall–Kier alpha value is -3.03. The van der Waals surface area contributed by atoms with Crippen molar-refractivity contribution in [3.8, 4) is 5.75 Å². The van der Waals surface area contributed by atoms with Crippen molar-refractivity contribution in [3.63, 3.8) is 0 Å². The van der Waals surface area contributed by atoms with Gasteiger partial charge in [-0.1, -0.05) is 36.4 Å². The fraction of sp³-hybridized carbons (Fsp3) is 0.0417. The highest BCUT2D eigenvalue weighted by Crippen LogP contribution is 2.36. The molecular formula is C24H15Br2NO4. The van der Waals surface area contributed by atoms with Gasteiger partial charge >= 0.3 is 11.9 Å². The summed E-state index contributed by atoms with van der Waals surface area (Å²) in [6.45, 7) is 1.85. The van der Waals surface area contributed by atoms with E-state index in [0.717, 1.165) is 11.1 Å². The molecular weight excluding hydrogens is 526 g/mol. The monoisotopic (exact) mass is 539 g/mol. The van der Waals surface area contributed by atoms with Crippen LogP contribution < -0.4 is 4.74 Å². The molecule has 0 N–H and O–H groups in total. The molecule has 0 atom stereocenters. The van der Waals surface area contributed by atoms with Crippen LogP contribution in [0.5, 0.6) is 5.75 Å². The van der Waals surface area contributed by atoms with Crippen LogP contribution in [0, 0.1) is 6.92 Å². The van der Waals surface area contributed by atoms with Gasteiger partial charge in [0, 0.05) is 5.56 Å². The number of rotatable bonds is 4. The highest BCUT2D eigenvalue weighted by molar-refractivity contribution is 9.11. The topological polar surface area (TPSA) is 65.0 Å². The van der Waals surface area contributed by atoms with Crippen LogP contribution in [0.1, 0.15) is 27.0 Å². The second-order valence-corrected chi connectivity index (χ2v) is 8.43. The summed E-state index contributed by atoms with van der Waals surface area (Å²) in [6.07, 6.45) is 1.61. The number of aliphatic imine (C=N–C) groups is 1. The maximum Gasteiger partial charge on any atom is 0.363 e. The van der Waals surface area contributed by atoms with Crippen molar-refractivity contribution < 1.29 is 19.1 Å². The zero-order valence-electron chi connectivity index (χ0n) is 16.3. The third-order valence-corrected chi connectivity index (χ3v) is 5.70. The zero-order valence-corrected chi connectivity index (χ0v) is 19.4. The molecule has 4 rings (SSSR count). The van der Waals surface area contributed by atoms with Crippen molar-refractivity contribution in [1.82, 2.24) is 0 Å². The Kier molecular flexibility index (Phi) is 6.15. The standard InChI is InChI=1S/C24H15Br2NO4/c1-14-7-5-6-10-17(14)23(28)30-21-18(25)11-15(12-19(21)26)13-20-24(29)31-22(27-20)16-8-3-2-4-9-16/h2-13H,1H3/b20-13-. The van der Waals surface area contributed by atoms with Crippen molar-refractivity contribution in [2.24, 2.45) is 4.99 Å². The molecule has 0 radical (unpaired) electrons. The molecule has 154 valence electrons. The first-order valence-electron chi connectivity index (χ1n) is 9.27. The Balaban J connectivity index is 1.60. The van der Waals surface area contributed by atoms with E-state index < -0.39 is 11.9 Å². The number of aryl methyl sites for hydroxylation is 1. The van der Waals surface area contributed by atoms with Gasteiger partial charge < -0.3 is 9.47 Å². The molecule has 0 unspecified atom stereocenters. The lowest BCUT2D eigenvalue weighted by Gasteiger charge is -2.11. The maximum absolute atomic E-state index is 12.6. The Morgan fingerprint density at radius 3 is 2.32 bits per heavy atom. The van der Waals surface area contributed by atoms with Crippen LogP contribution in [0.4, 0.5) is 0 Å². The minimum absolute atomic E-state index is 0.183. The van der Waals surface area contributed by atoms with Crippen LogP contribution >= 0.6 is 31.9 Å². The maximum atomic E-state index is 12.6. The Bertz CT molecular complexity index is 1230. The first-order valence-corrected chi connectivity index (χ1v) is 10.9. The number of hydrogen-bond acceptors (Lipinski definition) is 5. The van der Waals surface area contributed by atoms with Crippen molar-refractivity contribution in [1.29, 1.82) is 0 Å². The van der Waals surface area contributed by atoms with Crippen LogP contribution in [-0.4, -0.2) is 17.8 Å². The van der Waals surface area contributed by atoms with Crippen LogP contribution in [0.25, 0.3) is 6.08 Å². The number of benzene rings is 3. The molecule has 7 heteroatoms. The molecule has 5 nitrogen and oxygen atoms in total. The Morgan fingerprint density at radius 1 is 1.00 bits per heavy atom. The molecule has 31 heavy (non-hydrogen) atoms. The van der Waals surface area contributed by atoms with Gasteiger partial charge in [0.15, 0.2) is 11.4 Å². The molecule has 3 aromatic rings. The molecule has 0 aromatic heterocycles. The third kappa shape index (κ3) is 4.68. The number of halogens is 2. The highest BCUT2D eigenvalue weighted by Gasteiger charge is 2.24. The fourth-order valence-electron chi connectivity index (χ4n) is 2.98. The van der Waals surface area contributed by atoms with Crippen LogP contribution in [0.2, 0.25) is 0 Å². The van der Waals surface area contributed by atoms with Gasteiger partial charge in [-0.15, -0.1) is 0 Å². The Labute approximate surface area is 195 Å². The highest BCUT2D eigenvalue weighted by atomic mass is 79.9. The summed E-state index contributed by atoms with van der Waals surface area (Å²) in [5, 5.41) is 0. The van der Waals surface area contributed by atoms with E-state index in [-0.39, 0.29) is 11.6 Å². The molecule has 0 bridgehead atoms. The lowest BCUT2D eigenvalue weighted by molar-refractivity contribution is -0.129. The Morgan fingerprint density at radius 2 is 1.65 bits per heavy atom. The third-order valence-electron chi connectivity index (χ3n) is 4.52. The molecule has 0 spiro atoms. The average Bonchev–Trinajstić information content (AvgIpc) is 3.12. The second kappa shape index (κ2) is 8.99. The minimum atomic E-state index is -0.527. The van der Waals surface area contributed by atoms with E-state index in [1.165, 1.54) is 0 Å². The lowest BCUT2D eigenvalue weighted by Crippen LogP contribution is -2.11. The number of carbonyl (C=O) groups excluding carboxylic acids is 2. The molecule has 0 saturated heterocycles. The SMILES string of the molecule is Cc1ccccc1C(=O)Oc1c(Br)cc(/C=C2\N=C(c3ccccc3)OC2=O)cc1Br. The minimum Gasteiger partial charge on any atom is -0.420 e. The molecule has 0 amide bonds. The van der Waals surface area contributed by atoms with Gasteiger partial charge in [0.2, 0.25) is 5.90 Å². The van der Waals surface area contributed by atoms with E-state index in [1.54, 1.807) is 30.3 Å². The number of hydrogen-bond donors (Lipinski definition) is 0. The zero-order chi connectivity index (χ0) is 22.0. The van der Waals surface area contributed by atoms with E-state index in [9.17, 15) is 9.59 Å². The fourth-order valence-corrected chi connectivity index (χ4v) is 4.36. The predicted molar refractivity (Wildman–Crippen MR) is 125 cm³/mol. The van der Waals surface area contributed by atoms with Gasteiger partial charge in [-0.25, -0.2) is 14.6 Å². The number of nitrogens with zero attached hydrogens (tertiary/aromatic N) is 1. The first-order chi connectivity index (χ1) is 14.9. The molecule has 1 aliphatic rings. The van der Waals surface area contributed by atoms with E-state index in [1.807, 2.05) is 49.4 Å². The van der Waals surface area contributed by atoms with Crippen molar-refractivity contribution in [2.75, 3.05) is 0 Å². The van der Waals surface area contributed by atoms with Crippen LogP contribution in [0.3, 0.4) is 0 Å². The summed E-state index contributed by atoms with van der Waals surface area (Å²) in [5.41, 5.74) is 2.90. The number of carbonyl (C=O) groups is 2. The number of cyclic esters (lactones) is 1. The van der Waals surface area contributed by atoms with Gasteiger partial charge in [0.05, 0.1) is 14.5 Å². The molecule has 0 saturated carbocycles. The largest absolute Gasteiger partial charge is 0.420 e. The van der Waals surface area contributed by atoms with Gasteiger partial charge in [-0.2, -0.15) is 0 Å². The van der Waals surface area contributed by atoms with Crippen molar-refractivity contribution in [3.05, 3.63) is 104 Å². The first kappa shape index (κ1) is 21.2. The van der Waals surface area contributed by atoms with Crippen molar-refractivity contribution >= 4 is 55.8 Å². The van der Waals surface area contributed by atoms with E-state index in [0.29, 0.717) is 25.8 Å². The molecule has 1 heterocycles. The summed E-state index contributed by atoms with van der Waals surface area (Å²) in [5.74, 6) is -0.375. The van der Waals surface area contributed by atoms with E-state index >= 15 is 0 Å². The van der Waals surface area contributed by atoms with Crippen LogP contribution in [-0.2, 0) is 9.53 Å². The molecule has 1 aliphatic heterocycles. The van der Waals surface area contributed by atoms with Gasteiger partial charge in [-0.05, 0) is 86.3 Å². The predicted octanol–water partition coefficient (Wildman–Crippen LogP) is 6.08. The summed E-state index contributed by atoms with van der Waals surface area (Å²) in [6, 6.07) is 19.9. The molecule has 0 aliphatic carbocycles. The van der Waals surface area contributed by atoms with Crippen LogP contribution in [0.15, 0.2) is 86.4 Å². The normalized spacial score (nSPS) is 14.4. The van der Waals surface area contributed by atoms with Gasteiger partial charge in [-0.3, -0.25) is 0 Å². The average molecular weight is 541 g/mol. The number of ether oxygens (including phenoxy) is 2. The second-order valence-electron chi connectivity index (χ2n) is 6.72. The van der Waals surface area contributed by atoms with Gasteiger partial charge in [0.25, 0.3) is 0 Å². The summed E-state index contributed by atoms with van der Waals surface area (Å²) in [4.78, 5) is 29.1. The molecule has 3 aromatic carbocycles. The smallest absolute Gasteiger partial charge is 0.363 e. The molecule has 0 fully saturated rings. The number of esters is 2. The summed E-state index contributed by atoms with van der Waals surface area (Å²) >= 11 is 6.88. The summed E-state index contributed by atoms with van der Waals surface area (Å²) < 4.78 is 12.0. The van der Waals surface area contributed by atoms with Crippen molar-refractivity contribution in [2.45, 2.75) is 6.92 Å². The lowest BCUT2D eigenvalue weighted by atomic mass is 10.1. The van der Waals surface area contributed by atoms with E-state index in [4.69, 9.17) is 9.47 Å². The summed E-state index contributed by atoms with van der Waals surface area (Å²) in [7, 11) is 0. The van der Waals surface area contributed by atoms with E-state index in [2.05, 4.69) is 36.9 Å².